The first-order chi connectivity index (χ1) is 7.82. The van der Waals surface area contributed by atoms with E-state index in [-0.39, 0.29) is 19.5 Å². The molecule has 0 spiro atoms. The Labute approximate surface area is 99.2 Å². The van der Waals surface area contributed by atoms with E-state index in [4.69, 9.17) is 10.2 Å². The van der Waals surface area contributed by atoms with Crippen LogP contribution in [0.5, 0.6) is 0 Å². The summed E-state index contributed by atoms with van der Waals surface area (Å²) in [5, 5.41) is 27.5. The second-order valence-corrected chi connectivity index (χ2v) is 4.41. The molecule has 1 aliphatic rings. The average molecular weight is 246 g/mol. The third-order valence-electron chi connectivity index (χ3n) is 2.67. The summed E-state index contributed by atoms with van der Waals surface area (Å²) in [6, 6.07) is -1.48. The summed E-state index contributed by atoms with van der Waals surface area (Å²) < 4.78 is 0. The second kappa shape index (κ2) is 5.33. The first kappa shape index (κ1) is 13.7. The van der Waals surface area contributed by atoms with Gasteiger partial charge in [-0.05, 0) is 6.92 Å². The van der Waals surface area contributed by atoms with Crippen LogP contribution in [0.4, 0.5) is 4.79 Å². The van der Waals surface area contributed by atoms with Gasteiger partial charge in [-0.3, -0.25) is 0 Å². The van der Waals surface area contributed by atoms with Crippen molar-refractivity contribution in [1.82, 2.24) is 9.80 Å². The molecular formula is C10H18N2O5. The zero-order chi connectivity index (χ0) is 13.2. The number of hydrogen-bond donors (Lipinski definition) is 3. The van der Waals surface area contributed by atoms with Crippen LogP contribution in [0.3, 0.4) is 0 Å². The van der Waals surface area contributed by atoms with Gasteiger partial charge in [0.15, 0.2) is 0 Å². The molecule has 3 N–H and O–H groups in total. The molecule has 0 saturated carbocycles. The van der Waals surface area contributed by atoms with E-state index in [1.807, 2.05) is 0 Å². The Balaban J connectivity index is 2.70. The summed E-state index contributed by atoms with van der Waals surface area (Å²) in [6.07, 6.45) is -1.44. The topological polar surface area (TPSA) is 101 Å². The van der Waals surface area contributed by atoms with E-state index < -0.39 is 30.3 Å². The van der Waals surface area contributed by atoms with Crippen molar-refractivity contribution in [3.63, 3.8) is 0 Å². The number of β-amino-alcohol motifs (C(OH)–C–C–N with tert-alkyl or cyclic N) is 1. The van der Waals surface area contributed by atoms with Crippen LogP contribution in [0.25, 0.3) is 0 Å². The molecule has 1 unspecified atom stereocenters. The highest BCUT2D eigenvalue weighted by Crippen LogP contribution is 2.19. The van der Waals surface area contributed by atoms with E-state index in [2.05, 4.69) is 0 Å². The van der Waals surface area contributed by atoms with Crippen molar-refractivity contribution >= 4 is 12.0 Å². The Morgan fingerprint density at radius 3 is 2.59 bits per heavy atom. The molecule has 1 saturated heterocycles. The number of aliphatic carboxylic acids is 1. The summed E-state index contributed by atoms with van der Waals surface area (Å²) in [7, 11) is 1.48. The number of carbonyl (C=O) groups is 2. The summed E-state index contributed by atoms with van der Waals surface area (Å²) in [4.78, 5) is 25.2. The van der Waals surface area contributed by atoms with Crippen LogP contribution in [-0.4, -0.2) is 75.5 Å². The minimum Gasteiger partial charge on any atom is -0.480 e. The number of nitrogens with zero attached hydrogens (tertiary/aromatic N) is 2. The number of carboxylic acids is 1. The van der Waals surface area contributed by atoms with Crippen LogP contribution >= 0.6 is 0 Å². The smallest absolute Gasteiger partial charge is 0.326 e. The van der Waals surface area contributed by atoms with Crippen molar-refractivity contribution in [1.29, 1.82) is 0 Å². The lowest BCUT2D eigenvalue weighted by Crippen LogP contribution is -2.48. The van der Waals surface area contributed by atoms with Gasteiger partial charge in [-0.25, -0.2) is 9.59 Å². The number of aliphatic hydroxyl groups is 2. The Hall–Kier alpha value is -1.34. The van der Waals surface area contributed by atoms with E-state index in [0.29, 0.717) is 0 Å². The Kier molecular flexibility index (Phi) is 4.30. The lowest BCUT2D eigenvalue weighted by Gasteiger charge is -2.28. The zero-order valence-electron chi connectivity index (χ0n) is 9.91. The largest absolute Gasteiger partial charge is 0.480 e. The normalized spacial score (nSPS) is 25.8. The molecule has 1 fully saturated rings. The molecule has 7 heteroatoms. The minimum atomic E-state index is -1.12. The Morgan fingerprint density at radius 1 is 1.53 bits per heavy atom. The van der Waals surface area contributed by atoms with Crippen LogP contribution in [0.1, 0.15) is 13.3 Å². The van der Waals surface area contributed by atoms with E-state index in [1.165, 1.54) is 18.9 Å². The molecule has 0 aliphatic carbocycles. The standard InChI is InChI=1S/C10H18N2O5/c1-6(13)4-11(2)10(17)12-5-7(14)3-8(12)9(15)16/h6-8,13-14H,3-5H2,1-2H3,(H,15,16)/t6?,7-,8-/m0/s1. The van der Waals surface area contributed by atoms with Gasteiger partial charge in [0, 0.05) is 26.6 Å². The molecule has 17 heavy (non-hydrogen) atoms. The lowest BCUT2D eigenvalue weighted by molar-refractivity contribution is -0.141. The number of hydrogen-bond acceptors (Lipinski definition) is 4. The maximum Gasteiger partial charge on any atom is 0.326 e. The molecule has 0 radical (unpaired) electrons. The van der Waals surface area contributed by atoms with E-state index in [9.17, 15) is 14.7 Å². The summed E-state index contributed by atoms with van der Waals surface area (Å²) in [5.41, 5.74) is 0. The van der Waals surface area contributed by atoms with Crippen LogP contribution in [-0.2, 0) is 4.79 Å². The third kappa shape index (κ3) is 3.31. The van der Waals surface area contributed by atoms with Crippen molar-refractivity contribution < 1.29 is 24.9 Å². The highest BCUT2D eigenvalue weighted by molar-refractivity contribution is 5.83. The maximum absolute atomic E-state index is 11.9. The molecule has 0 aromatic heterocycles. The Bertz CT molecular complexity index is 307. The van der Waals surface area contributed by atoms with Gasteiger partial charge >= 0.3 is 12.0 Å². The van der Waals surface area contributed by atoms with Crippen LogP contribution in [0.15, 0.2) is 0 Å². The number of urea groups is 1. The number of likely N-dealkylation sites (N-methyl/N-ethyl adjacent to an activating group) is 1. The second-order valence-electron chi connectivity index (χ2n) is 4.41. The number of likely N-dealkylation sites (tertiary alicyclic amines) is 1. The van der Waals surface area contributed by atoms with Crippen molar-refractivity contribution in [2.45, 2.75) is 31.6 Å². The van der Waals surface area contributed by atoms with Gasteiger partial charge in [-0.1, -0.05) is 0 Å². The van der Waals surface area contributed by atoms with Crippen molar-refractivity contribution in [2.24, 2.45) is 0 Å². The monoisotopic (exact) mass is 246 g/mol. The van der Waals surface area contributed by atoms with Crippen molar-refractivity contribution in [3.05, 3.63) is 0 Å². The first-order valence-electron chi connectivity index (χ1n) is 5.43. The minimum absolute atomic E-state index is 0.0138. The molecule has 98 valence electrons. The molecule has 7 nitrogen and oxygen atoms in total. The fourth-order valence-electron chi connectivity index (χ4n) is 1.95. The summed E-state index contributed by atoms with van der Waals surface area (Å²) in [6.45, 7) is 1.68. The molecular weight excluding hydrogens is 228 g/mol. The number of aliphatic hydroxyl groups excluding tert-OH is 2. The molecule has 0 aromatic carbocycles. The van der Waals surface area contributed by atoms with Crippen molar-refractivity contribution in [3.8, 4) is 0 Å². The van der Waals surface area contributed by atoms with Gasteiger partial charge in [0.2, 0.25) is 0 Å². The summed E-state index contributed by atoms with van der Waals surface area (Å²) in [5.74, 6) is -1.12. The molecule has 0 bridgehead atoms. The maximum atomic E-state index is 11.9. The molecule has 0 aromatic rings. The van der Waals surface area contributed by atoms with Gasteiger partial charge in [0.25, 0.3) is 0 Å². The highest BCUT2D eigenvalue weighted by atomic mass is 16.4. The molecule has 2 amide bonds. The van der Waals surface area contributed by atoms with Gasteiger partial charge < -0.3 is 25.1 Å². The predicted octanol–water partition coefficient (Wildman–Crippen LogP) is -1.06. The van der Waals surface area contributed by atoms with E-state index >= 15 is 0 Å². The SMILES string of the molecule is CC(O)CN(C)C(=O)N1C[C@@H](O)C[C@H]1C(=O)O. The fourth-order valence-corrected chi connectivity index (χ4v) is 1.95. The van der Waals surface area contributed by atoms with Crippen LogP contribution in [0, 0.1) is 0 Å². The van der Waals surface area contributed by atoms with Gasteiger partial charge in [0.05, 0.1) is 12.2 Å². The number of amides is 2. The molecule has 1 heterocycles. The highest BCUT2D eigenvalue weighted by Gasteiger charge is 2.40. The first-order valence-corrected chi connectivity index (χ1v) is 5.43. The number of rotatable bonds is 3. The zero-order valence-corrected chi connectivity index (χ0v) is 9.91. The lowest BCUT2D eigenvalue weighted by atomic mass is 10.2. The summed E-state index contributed by atoms with van der Waals surface area (Å²) >= 11 is 0. The van der Waals surface area contributed by atoms with E-state index in [0.717, 1.165) is 4.90 Å². The van der Waals surface area contributed by atoms with Gasteiger partial charge in [0.1, 0.15) is 6.04 Å². The average Bonchev–Trinajstić information content (AvgIpc) is 2.58. The van der Waals surface area contributed by atoms with Crippen LogP contribution < -0.4 is 0 Å². The van der Waals surface area contributed by atoms with Gasteiger partial charge in [-0.15, -0.1) is 0 Å². The van der Waals surface area contributed by atoms with E-state index in [1.54, 1.807) is 0 Å². The quantitative estimate of drug-likeness (QED) is 0.589. The number of carboxylic acid groups (broad SMARTS) is 1. The fraction of sp³-hybridized carbons (Fsp3) is 0.800. The van der Waals surface area contributed by atoms with Crippen molar-refractivity contribution in [2.75, 3.05) is 20.1 Å². The number of carbonyl (C=O) groups excluding carboxylic acids is 1. The Morgan fingerprint density at radius 2 is 2.12 bits per heavy atom. The molecule has 3 atom stereocenters. The predicted molar refractivity (Wildman–Crippen MR) is 58.5 cm³/mol. The molecule has 1 rings (SSSR count). The third-order valence-corrected chi connectivity index (χ3v) is 2.67. The van der Waals surface area contributed by atoms with Gasteiger partial charge in [-0.2, -0.15) is 0 Å². The van der Waals surface area contributed by atoms with Crippen LogP contribution in [0.2, 0.25) is 0 Å². The molecule has 1 aliphatic heterocycles.